The van der Waals surface area contributed by atoms with Gasteiger partial charge in [-0.1, -0.05) is 44.0 Å². The third-order valence-corrected chi connectivity index (χ3v) is 3.21. The van der Waals surface area contributed by atoms with E-state index in [1.165, 1.54) is 6.07 Å². The molecule has 20 heavy (non-hydrogen) atoms. The highest BCUT2D eigenvalue weighted by atomic mass is 79.9. The number of ether oxygens (including phenoxy) is 1. The van der Waals surface area contributed by atoms with Gasteiger partial charge in [-0.2, -0.15) is 0 Å². The van der Waals surface area contributed by atoms with Crippen molar-refractivity contribution in [3.8, 4) is 0 Å². The lowest BCUT2D eigenvalue weighted by Crippen LogP contribution is -2.32. The fourth-order valence-electron chi connectivity index (χ4n) is 1.35. The first-order chi connectivity index (χ1) is 9.19. The van der Waals surface area contributed by atoms with Crippen molar-refractivity contribution in [2.45, 2.75) is 26.4 Å². The topological polar surface area (TPSA) is 38.3 Å². The maximum Gasteiger partial charge on any atom is 0.407 e. The average molecular weight is 409 g/mol. The molecule has 0 heterocycles. The van der Waals surface area contributed by atoms with Gasteiger partial charge in [-0.25, -0.2) is 9.18 Å². The quantitative estimate of drug-likeness (QED) is 0.773. The van der Waals surface area contributed by atoms with E-state index in [1.807, 2.05) is 0 Å². The van der Waals surface area contributed by atoms with Crippen molar-refractivity contribution in [2.24, 2.45) is 0 Å². The molecule has 1 amide bonds. The lowest BCUT2D eigenvalue weighted by Gasteiger charge is -2.19. The number of carbonyl (C=O) groups is 1. The standard InChI is InChI=1S/C14H16Br2FNO2/c1-14(2,3)20-13(19)18-6-4-5-10-11(16)7-9(15)8-12(10)17/h4-5,7-8H,6H2,1-3H3,(H,18,19). The molecule has 0 aliphatic heterocycles. The Bertz CT molecular complexity index is 501. The molecular formula is C14H16Br2FNO2. The Morgan fingerprint density at radius 2 is 2.05 bits per heavy atom. The molecule has 0 unspecified atom stereocenters. The number of alkyl carbamates (subject to hydrolysis) is 1. The first-order valence-corrected chi connectivity index (χ1v) is 7.55. The Morgan fingerprint density at radius 1 is 1.40 bits per heavy atom. The molecule has 1 rings (SSSR count). The molecular weight excluding hydrogens is 393 g/mol. The van der Waals surface area contributed by atoms with Crippen LogP contribution in [0.25, 0.3) is 6.08 Å². The minimum atomic E-state index is -0.533. The number of carbonyl (C=O) groups excluding carboxylic acids is 1. The fourth-order valence-corrected chi connectivity index (χ4v) is 2.65. The second-order valence-corrected chi connectivity index (χ2v) is 6.84. The van der Waals surface area contributed by atoms with E-state index in [2.05, 4.69) is 37.2 Å². The number of nitrogens with one attached hydrogen (secondary N) is 1. The molecule has 1 aromatic rings. The molecule has 0 saturated heterocycles. The second kappa shape index (κ2) is 7.22. The van der Waals surface area contributed by atoms with E-state index in [-0.39, 0.29) is 12.4 Å². The summed E-state index contributed by atoms with van der Waals surface area (Å²) in [5, 5.41) is 2.56. The molecule has 0 spiro atoms. The summed E-state index contributed by atoms with van der Waals surface area (Å²) >= 11 is 6.49. The highest BCUT2D eigenvalue weighted by Gasteiger charge is 2.15. The highest BCUT2D eigenvalue weighted by Crippen LogP contribution is 2.26. The first-order valence-electron chi connectivity index (χ1n) is 5.97. The summed E-state index contributed by atoms with van der Waals surface area (Å²) in [6.07, 6.45) is 2.75. The van der Waals surface area contributed by atoms with Crippen LogP contribution in [0.15, 0.2) is 27.2 Å². The normalized spacial score (nSPS) is 11.7. The third kappa shape index (κ3) is 6.05. The van der Waals surface area contributed by atoms with Gasteiger partial charge < -0.3 is 10.1 Å². The monoisotopic (exact) mass is 407 g/mol. The third-order valence-electron chi connectivity index (χ3n) is 2.09. The summed E-state index contributed by atoms with van der Waals surface area (Å²) in [6.45, 7) is 5.63. The number of halogens is 3. The van der Waals surface area contributed by atoms with E-state index < -0.39 is 11.7 Å². The zero-order chi connectivity index (χ0) is 15.3. The van der Waals surface area contributed by atoms with Crippen molar-refractivity contribution in [1.82, 2.24) is 5.32 Å². The molecule has 110 valence electrons. The zero-order valence-electron chi connectivity index (χ0n) is 11.5. The Balaban J connectivity index is 2.56. The summed E-state index contributed by atoms with van der Waals surface area (Å²) in [5.74, 6) is -0.347. The molecule has 3 nitrogen and oxygen atoms in total. The largest absolute Gasteiger partial charge is 0.444 e. The predicted molar refractivity (Wildman–Crippen MR) is 85.1 cm³/mol. The molecule has 0 aliphatic rings. The van der Waals surface area contributed by atoms with E-state index in [9.17, 15) is 9.18 Å². The lowest BCUT2D eigenvalue weighted by atomic mass is 10.2. The fraction of sp³-hybridized carbons (Fsp3) is 0.357. The molecule has 0 aliphatic carbocycles. The van der Waals surface area contributed by atoms with Crippen LogP contribution in [0.5, 0.6) is 0 Å². The van der Waals surface area contributed by atoms with E-state index in [4.69, 9.17) is 4.74 Å². The van der Waals surface area contributed by atoms with Gasteiger partial charge in [-0.15, -0.1) is 0 Å². The minimum Gasteiger partial charge on any atom is -0.444 e. The van der Waals surface area contributed by atoms with Crippen molar-refractivity contribution in [2.75, 3.05) is 6.54 Å². The minimum absolute atomic E-state index is 0.261. The van der Waals surface area contributed by atoms with Crippen LogP contribution in [0.2, 0.25) is 0 Å². The maximum absolute atomic E-state index is 13.7. The van der Waals surface area contributed by atoms with Crippen molar-refractivity contribution < 1.29 is 13.9 Å². The summed E-state index contributed by atoms with van der Waals surface area (Å²) < 4.78 is 20.1. The number of benzene rings is 1. The maximum atomic E-state index is 13.7. The molecule has 1 N–H and O–H groups in total. The van der Waals surface area contributed by atoms with Gasteiger partial charge in [0.1, 0.15) is 11.4 Å². The van der Waals surface area contributed by atoms with Gasteiger partial charge in [0.15, 0.2) is 0 Å². The Hall–Kier alpha value is -0.880. The molecule has 0 aromatic heterocycles. The van der Waals surface area contributed by atoms with Crippen LogP contribution in [0, 0.1) is 5.82 Å². The summed E-state index contributed by atoms with van der Waals surface area (Å²) in [4.78, 5) is 11.4. The van der Waals surface area contributed by atoms with Crippen LogP contribution >= 0.6 is 31.9 Å². The molecule has 0 bridgehead atoms. The Morgan fingerprint density at radius 3 is 2.60 bits per heavy atom. The molecule has 0 radical (unpaired) electrons. The van der Waals surface area contributed by atoms with E-state index in [1.54, 1.807) is 39.0 Å². The van der Waals surface area contributed by atoms with Crippen LogP contribution in [0.3, 0.4) is 0 Å². The van der Waals surface area contributed by atoms with Gasteiger partial charge in [0.25, 0.3) is 0 Å². The number of amides is 1. The second-order valence-electron chi connectivity index (χ2n) is 5.07. The molecule has 0 fully saturated rings. The smallest absolute Gasteiger partial charge is 0.407 e. The van der Waals surface area contributed by atoms with Crippen molar-refractivity contribution in [3.05, 3.63) is 38.5 Å². The Labute approximate surface area is 134 Å². The molecule has 6 heteroatoms. The molecule has 0 atom stereocenters. The highest BCUT2D eigenvalue weighted by molar-refractivity contribution is 9.11. The van der Waals surface area contributed by atoms with E-state index in [0.717, 1.165) is 0 Å². The summed E-state index contributed by atoms with van der Waals surface area (Å²) in [7, 11) is 0. The predicted octanol–water partition coefficient (Wildman–Crippen LogP) is 4.89. The van der Waals surface area contributed by atoms with Gasteiger partial charge in [0, 0.05) is 21.1 Å². The van der Waals surface area contributed by atoms with Crippen LogP contribution in [-0.2, 0) is 4.74 Å². The van der Waals surface area contributed by atoms with E-state index >= 15 is 0 Å². The van der Waals surface area contributed by atoms with Crippen LogP contribution < -0.4 is 5.32 Å². The number of hydrogen-bond donors (Lipinski definition) is 1. The van der Waals surface area contributed by atoms with Gasteiger partial charge in [-0.3, -0.25) is 0 Å². The molecule has 1 aromatic carbocycles. The van der Waals surface area contributed by atoms with Crippen molar-refractivity contribution in [3.63, 3.8) is 0 Å². The van der Waals surface area contributed by atoms with Crippen LogP contribution in [0.1, 0.15) is 26.3 Å². The number of hydrogen-bond acceptors (Lipinski definition) is 2. The van der Waals surface area contributed by atoms with Gasteiger partial charge in [-0.05, 0) is 32.9 Å². The van der Waals surface area contributed by atoms with Crippen molar-refractivity contribution >= 4 is 44.0 Å². The SMILES string of the molecule is CC(C)(C)OC(=O)NCC=Cc1c(F)cc(Br)cc1Br. The van der Waals surface area contributed by atoms with Gasteiger partial charge in [0.05, 0.1) is 0 Å². The number of rotatable bonds is 3. The van der Waals surface area contributed by atoms with Gasteiger partial charge in [0.2, 0.25) is 0 Å². The first kappa shape index (κ1) is 17.2. The molecule has 0 saturated carbocycles. The lowest BCUT2D eigenvalue weighted by molar-refractivity contribution is 0.0534. The summed E-state index contributed by atoms with van der Waals surface area (Å²) in [5.41, 5.74) is -0.103. The average Bonchev–Trinajstić information content (AvgIpc) is 2.23. The Kier molecular flexibility index (Phi) is 6.20. The van der Waals surface area contributed by atoms with Crippen LogP contribution in [-0.4, -0.2) is 18.2 Å². The van der Waals surface area contributed by atoms with E-state index in [0.29, 0.717) is 14.5 Å². The van der Waals surface area contributed by atoms with Gasteiger partial charge >= 0.3 is 6.09 Å². The zero-order valence-corrected chi connectivity index (χ0v) is 14.6. The van der Waals surface area contributed by atoms with Crippen LogP contribution in [0.4, 0.5) is 9.18 Å². The summed E-state index contributed by atoms with van der Waals surface area (Å²) in [6, 6.07) is 3.13. The van der Waals surface area contributed by atoms with Crippen molar-refractivity contribution in [1.29, 1.82) is 0 Å².